The second kappa shape index (κ2) is 4.00. The third-order valence-corrected chi connectivity index (χ3v) is 3.12. The number of hydrogen-bond acceptors (Lipinski definition) is 3. The number of benzene rings is 1. The van der Waals surface area contributed by atoms with E-state index in [0.29, 0.717) is 5.75 Å². The second-order valence-electron chi connectivity index (χ2n) is 2.72. The SMILES string of the molecule is NOc1ccccc1-c1ccc(Cl)s1. The lowest BCUT2D eigenvalue weighted by atomic mass is 10.2. The van der Waals surface area contributed by atoms with Crippen molar-refractivity contribution in [2.24, 2.45) is 5.90 Å². The smallest absolute Gasteiger partial charge is 0.155 e. The first kappa shape index (κ1) is 9.52. The van der Waals surface area contributed by atoms with Crippen molar-refractivity contribution in [2.45, 2.75) is 0 Å². The monoisotopic (exact) mass is 225 g/mol. The molecule has 0 amide bonds. The van der Waals surface area contributed by atoms with Gasteiger partial charge in [-0.15, -0.1) is 11.3 Å². The van der Waals surface area contributed by atoms with E-state index in [0.717, 1.165) is 14.8 Å². The Morgan fingerprint density at radius 2 is 1.93 bits per heavy atom. The lowest BCUT2D eigenvalue weighted by molar-refractivity contribution is 0.336. The van der Waals surface area contributed by atoms with Crippen molar-refractivity contribution >= 4 is 22.9 Å². The van der Waals surface area contributed by atoms with Crippen molar-refractivity contribution in [1.29, 1.82) is 0 Å². The predicted molar refractivity (Wildman–Crippen MR) is 59.6 cm³/mol. The van der Waals surface area contributed by atoms with E-state index in [-0.39, 0.29) is 0 Å². The van der Waals surface area contributed by atoms with E-state index in [9.17, 15) is 0 Å². The highest BCUT2D eigenvalue weighted by atomic mass is 35.5. The number of hydrogen-bond donors (Lipinski definition) is 1. The molecule has 14 heavy (non-hydrogen) atoms. The van der Waals surface area contributed by atoms with E-state index in [4.69, 9.17) is 22.3 Å². The van der Waals surface area contributed by atoms with Crippen LogP contribution in [0.1, 0.15) is 0 Å². The lowest BCUT2D eigenvalue weighted by Crippen LogP contribution is -2.02. The third kappa shape index (κ3) is 1.75. The minimum Gasteiger partial charge on any atom is -0.411 e. The fourth-order valence-corrected chi connectivity index (χ4v) is 2.31. The lowest BCUT2D eigenvalue weighted by Gasteiger charge is -2.03. The zero-order valence-corrected chi connectivity index (χ0v) is 8.81. The highest BCUT2D eigenvalue weighted by Crippen LogP contribution is 2.35. The highest BCUT2D eigenvalue weighted by Gasteiger charge is 2.06. The van der Waals surface area contributed by atoms with Crippen LogP contribution in [0.3, 0.4) is 0 Å². The van der Waals surface area contributed by atoms with Gasteiger partial charge in [-0.25, -0.2) is 0 Å². The van der Waals surface area contributed by atoms with E-state index in [2.05, 4.69) is 0 Å². The molecule has 0 bridgehead atoms. The van der Waals surface area contributed by atoms with Crippen molar-refractivity contribution < 1.29 is 4.84 Å². The summed E-state index contributed by atoms with van der Waals surface area (Å²) < 4.78 is 0.756. The van der Waals surface area contributed by atoms with Gasteiger partial charge in [0.1, 0.15) is 0 Å². The van der Waals surface area contributed by atoms with Crippen molar-refractivity contribution in [3.8, 4) is 16.2 Å². The Hall–Kier alpha value is -1.03. The molecule has 0 aliphatic carbocycles. The average Bonchev–Trinajstić information content (AvgIpc) is 2.65. The van der Waals surface area contributed by atoms with E-state index in [1.807, 2.05) is 36.4 Å². The summed E-state index contributed by atoms with van der Waals surface area (Å²) in [5, 5.41) is 0. The number of halogens is 1. The van der Waals surface area contributed by atoms with Crippen LogP contribution in [0.15, 0.2) is 36.4 Å². The molecule has 0 radical (unpaired) electrons. The van der Waals surface area contributed by atoms with Gasteiger partial charge in [0.05, 0.1) is 4.34 Å². The van der Waals surface area contributed by atoms with E-state index < -0.39 is 0 Å². The van der Waals surface area contributed by atoms with Crippen molar-refractivity contribution in [2.75, 3.05) is 0 Å². The normalized spacial score (nSPS) is 10.1. The molecule has 1 aromatic heterocycles. The summed E-state index contributed by atoms with van der Waals surface area (Å²) >= 11 is 7.35. The van der Waals surface area contributed by atoms with E-state index >= 15 is 0 Å². The van der Waals surface area contributed by atoms with E-state index in [1.54, 1.807) is 0 Å². The standard InChI is InChI=1S/C10H8ClNOS/c11-10-6-5-9(14-10)7-3-1-2-4-8(7)13-12/h1-6H,12H2. The Bertz CT molecular complexity index is 441. The molecule has 0 aliphatic rings. The van der Waals surface area contributed by atoms with Crippen LogP contribution in [0.4, 0.5) is 0 Å². The van der Waals surface area contributed by atoms with Gasteiger partial charge in [-0.05, 0) is 24.3 Å². The average molecular weight is 226 g/mol. The van der Waals surface area contributed by atoms with Crippen molar-refractivity contribution in [1.82, 2.24) is 0 Å². The van der Waals surface area contributed by atoms with Crippen molar-refractivity contribution in [3.05, 3.63) is 40.7 Å². The maximum atomic E-state index is 5.85. The molecule has 0 saturated carbocycles. The molecule has 4 heteroatoms. The molecule has 1 aromatic carbocycles. The molecule has 0 fully saturated rings. The zero-order chi connectivity index (χ0) is 9.97. The quantitative estimate of drug-likeness (QED) is 0.796. The largest absolute Gasteiger partial charge is 0.411 e. The van der Waals surface area contributed by atoms with Gasteiger partial charge in [-0.1, -0.05) is 23.7 Å². The molecular weight excluding hydrogens is 218 g/mol. The first-order valence-corrected chi connectivity index (χ1v) is 5.22. The van der Waals surface area contributed by atoms with Crippen molar-refractivity contribution in [3.63, 3.8) is 0 Å². The minimum atomic E-state index is 0.658. The maximum Gasteiger partial charge on any atom is 0.155 e. The van der Waals surface area contributed by atoms with Gasteiger partial charge in [0.2, 0.25) is 0 Å². The van der Waals surface area contributed by atoms with Crippen LogP contribution in [-0.4, -0.2) is 0 Å². The molecule has 1 heterocycles. The number of para-hydroxylation sites is 1. The summed E-state index contributed by atoms with van der Waals surface area (Å²) in [5.41, 5.74) is 0.965. The summed E-state index contributed by atoms with van der Waals surface area (Å²) in [6.45, 7) is 0. The zero-order valence-electron chi connectivity index (χ0n) is 7.24. The number of thiophene rings is 1. The van der Waals surface area contributed by atoms with Crippen LogP contribution in [0.25, 0.3) is 10.4 Å². The van der Waals surface area contributed by atoms with E-state index in [1.165, 1.54) is 11.3 Å². The molecule has 0 spiro atoms. The molecule has 0 unspecified atom stereocenters. The number of rotatable bonds is 2. The van der Waals surface area contributed by atoms with Crippen LogP contribution in [0.2, 0.25) is 4.34 Å². The maximum absolute atomic E-state index is 5.85. The molecular formula is C10H8ClNOS. The summed E-state index contributed by atoms with van der Waals surface area (Å²) in [7, 11) is 0. The first-order chi connectivity index (χ1) is 6.81. The number of nitrogens with two attached hydrogens (primary N) is 1. The summed E-state index contributed by atoms with van der Waals surface area (Å²) in [6, 6.07) is 11.4. The molecule has 72 valence electrons. The Morgan fingerprint density at radius 3 is 2.57 bits per heavy atom. The fraction of sp³-hybridized carbons (Fsp3) is 0. The summed E-state index contributed by atoms with van der Waals surface area (Å²) in [5.74, 6) is 5.82. The Kier molecular flexibility index (Phi) is 2.72. The van der Waals surface area contributed by atoms with Gasteiger partial charge < -0.3 is 4.84 Å². The summed E-state index contributed by atoms with van der Waals surface area (Å²) in [4.78, 5) is 5.82. The van der Waals surface area contributed by atoms with Gasteiger partial charge in [0.25, 0.3) is 0 Å². The molecule has 2 aromatic rings. The predicted octanol–water partition coefficient (Wildman–Crippen LogP) is 3.32. The third-order valence-electron chi connectivity index (χ3n) is 1.85. The van der Waals surface area contributed by atoms with Crippen LogP contribution in [-0.2, 0) is 0 Å². The molecule has 0 saturated heterocycles. The van der Waals surface area contributed by atoms with Crippen LogP contribution in [0, 0.1) is 0 Å². The van der Waals surface area contributed by atoms with Crippen LogP contribution >= 0.6 is 22.9 Å². The Balaban J connectivity index is 2.50. The Morgan fingerprint density at radius 1 is 1.14 bits per heavy atom. The topological polar surface area (TPSA) is 35.2 Å². The van der Waals surface area contributed by atoms with Crippen LogP contribution in [0.5, 0.6) is 5.75 Å². The van der Waals surface area contributed by atoms with Gasteiger partial charge in [0, 0.05) is 10.4 Å². The summed E-state index contributed by atoms with van der Waals surface area (Å²) in [6.07, 6.45) is 0. The molecule has 2 N–H and O–H groups in total. The molecule has 0 aliphatic heterocycles. The fourth-order valence-electron chi connectivity index (χ4n) is 1.23. The van der Waals surface area contributed by atoms with Gasteiger partial charge in [0.15, 0.2) is 5.75 Å². The van der Waals surface area contributed by atoms with Crippen LogP contribution < -0.4 is 10.7 Å². The second-order valence-corrected chi connectivity index (χ2v) is 4.43. The van der Waals surface area contributed by atoms with Gasteiger partial charge in [-0.2, -0.15) is 5.90 Å². The Labute approximate surface area is 90.8 Å². The first-order valence-electron chi connectivity index (χ1n) is 4.03. The molecule has 2 rings (SSSR count). The molecule has 2 nitrogen and oxygen atoms in total. The minimum absolute atomic E-state index is 0.658. The molecule has 0 atom stereocenters. The van der Waals surface area contributed by atoms with Gasteiger partial charge >= 0.3 is 0 Å². The van der Waals surface area contributed by atoms with Gasteiger partial charge in [-0.3, -0.25) is 0 Å². The highest BCUT2D eigenvalue weighted by molar-refractivity contribution is 7.19.